The van der Waals surface area contributed by atoms with Crippen molar-refractivity contribution in [2.45, 2.75) is 12.8 Å². The average molecular weight is 264 g/mol. The maximum Gasteiger partial charge on any atom is 0.195 e. The lowest BCUT2D eigenvalue weighted by Gasteiger charge is -2.08. The van der Waals surface area contributed by atoms with Crippen molar-refractivity contribution in [3.63, 3.8) is 0 Å². The first kappa shape index (κ1) is 13.3. The van der Waals surface area contributed by atoms with Crippen LogP contribution in [0.2, 0.25) is 0 Å². The average Bonchev–Trinajstić information content (AvgIpc) is 2.44. The Hall–Kier alpha value is -2.10. The first-order valence-electron chi connectivity index (χ1n) is 5.73. The molecule has 0 bridgehead atoms. The van der Waals surface area contributed by atoms with E-state index in [0.29, 0.717) is 5.56 Å². The van der Waals surface area contributed by atoms with E-state index in [1.165, 1.54) is 6.07 Å². The molecular formula is C15H11F3O. The van der Waals surface area contributed by atoms with Gasteiger partial charge in [0.1, 0.15) is 6.29 Å². The van der Waals surface area contributed by atoms with Crippen LogP contribution >= 0.6 is 0 Å². The van der Waals surface area contributed by atoms with Crippen LogP contribution in [-0.4, -0.2) is 6.29 Å². The Kier molecular flexibility index (Phi) is 3.69. The van der Waals surface area contributed by atoms with Crippen LogP contribution in [-0.2, 0) is 4.79 Å². The van der Waals surface area contributed by atoms with Crippen molar-refractivity contribution in [2.75, 3.05) is 0 Å². The molecule has 4 heteroatoms. The lowest BCUT2D eigenvalue weighted by molar-refractivity contribution is -0.108. The fraction of sp³-hybridized carbons (Fsp3) is 0.133. The van der Waals surface area contributed by atoms with Crippen LogP contribution in [0.5, 0.6) is 0 Å². The fourth-order valence-electron chi connectivity index (χ4n) is 1.79. The summed E-state index contributed by atoms with van der Waals surface area (Å²) in [5.41, 5.74) is 1.20. The molecule has 0 spiro atoms. The Morgan fingerprint density at radius 2 is 1.58 bits per heavy atom. The van der Waals surface area contributed by atoms with E-state index in [4.69, 9.17) is 0 Å². The summed E-state index contributed by atoms with van der Waals surface area (Å²) in [4.78, 5) is 10.6. The minimum absolute atomic E-state index is 0.00999. The number of hydrogen-bond acceptors (Lipinski definition) is 1. The lowest BCUT2D eigenvalue weighted by atomic mass is 9.98. The van der Waals surface area contributed by atoms with E-state index in [1.54, 1.807) is 31.2 Å². The van der Waals surface area contributed by atoms with Gasteiger partial charge in [-0.15, -0.1) is 0 Å². The maximum absolute atomic E-state index is 13.6. The van der Waals surface area contributed by atoms with Gasteiger partial charge in [0, 0.05) is 11.5 Å². The smallest absolute Gasteiger partial charge is 0.195 e. The Bertz CT molecular complexity index is 606. The number of benzene rings is 2. The minimum Gasteiger partial charge on any atom is -0.303 e. The molecule has 0 aliphatic heterocycles. The van der Waals surface area contributed by atoms with Gasteiger partial charge >= 0.3 is 0 Å². The molecule has 1 atom stereocenters. The molecule has 19 heavy (non-hydrogen) atoms. The van der Waals surface area contributed by atoms with Crippen LogP contribution in [0.3, 0.4) is 0 Å². The first-order valence-corrected chi connectivity index (χ1v) is 5.73. The zero-order chi connectivity index (χ0) is 14.0. The van der Waals surface area contributed by atoms with Gasteiger partial charge in [0.25, 0.3) is 0 Å². The summed E-state index contributed by atoms with van der Waals surface area (Å²) >= 11 is 0. The van der Waals surface area contributed by atoms with E-state index in [2.05, 4.69) is 0 Å². The van der Waals surface area contributed by atoms with Gasteiger partial charge in [0.2, 0.25) is 0 Å². The number of carbonyl (C=O) groups is 1. The van der Waals surface area contributed by atoms with E-state index < -0.39 is 17.5 Å². The van der Waals surface area contributed by atoms with Crippen molar-refractivity contribution in [2.24, 2.45) is 0 Å². The molecule has 0 aliphatic rings. The Morgan fingerprint density at radius 3 is 2.16 bits per heavy atom. The van der Waals surface area contributed by atoms with Crippen LogP contribution in [0, 0.1) is 17.5 Å². The number of aldehydes is 1. The van der Waals surface area contributed by atoms with Crippen LogP contribution in [0.15, 0.2) is 36.4 Å². The van der Waals surface area contributed by atoms with Gasteiger partial charge < -0.3 is 4.79 Å². The normalized spacial score (nSPS) is 12.2. The van der Waals surface area contributed by atoms with Crippen molar-refractivity contribution in [1.82, 2.24) is 0 Å². The van der Waals surface area contributed by atoms with Gasteiger partial charge in [-0.1, -0.05) is 31.2 Å². The number of rotatable bonds is 3. The molecule has 0 saturated carbocycles. The second-order valence-electron chi connectivity index (χ2n) is 4.27. The molecule has 2 rings (SSSR count). The van der Waals surface area contributed by atoms with Crippen LogP contribution < -0.4 is 0 Å². The third-order valence-electron chi connectivity index (χ3n) is 2.99. The molecule has 0 N–H and O–H groups in total. The molecule has 1 nitrogen and oxygen atoms in total. The number of hydrogen-bond donors (Lipinski definition) is 0. The summed E-state index contributed by atoms with van der Waals surface area (Å²) in [5.74, 6) is -4.17. The van der Waals surface area contributed by atoms with Crippen molar-refractivity contribution >= 4 is 6.29 Å². The third kappa shape index (κ3) is 2.52. The topological polar surface area (TPSA) is 17.1 Å². The molecule has 0 fully saturated rings. The largest absolute Gasteiger partial charge is 0.303 e. The van der Waals surface area contributed by atoms with Gasteiger partial charge in [0.15, 0.2) is 17.5 Å². The zero-order valence-corrected chi connectivity index (χ0v) is 10.2. The summed E-state index contributed by atoms with van der Waals surface area (Å²) in [6.45, 7) is 1.74. The fourth-order valence-corrected chi connectivity index (χ4v) is 1.79. The van der Waals surface area contributed by atoms with E-state index in [1.807, 2.05) is 0 Å². The molecule has 0 heterocycles. The van der Waals surface area contributed by atoms with Crippen LogP contribution in [0.1, 0.15) is 18.4 Å². The standard InChI is InChI=1S/C15H11F3O/c1-9(8-19)10-2-4-11(5-3-10)12-6-7-13(16)15(18)14(12)17/h2-9H,1H3. The first-order chi connectivity index (χ1) is 9.04. The second kappa shape index (κ2) is 5.26. The van der Waals surface area contributed by atoms with Crippen molar-refractivity contribution in [3.05, 3.63) is 59.4 Å². The molecule has 0 amide bonds. The van der Waals surface area contributed by atoms with Gasteiger partial charge in [0.05, 0.1) is 0 Å². The highest BCUT2D eigenvalue weighted by atomic mass is 19.2. The molecule has 98 valence electrons. The summed E-state index contributed by atoms with van der Waals surface area (Å²) in [6.07, 6.45) is 0.799. The van der Waals surface area contributed by atoms with E-state index in [0.717, 1.165) is 17.9 Å². The predicted molar refractivity (Wildman–Crippen MR) is 66.2 cm³/mol. The van der Waals surface area contributed by atoms with Crippen LogP contribution in [0.25, 0.3) is 11.1 Å². The molecule has 2 aromatic carbocycles. The maximum atomic E-state index is 13.6. The second-order valence-corrected chi connectivity index (χ2v) is 4.27. The monoisotopic (exact) mass is 264 g/mol. The predicted octanol–water partition coefficient (Wildman–Crippen LogP) is 4.07. The molecule has 0 aromatic heterocycles. The van der Waals surface area contributed by atoms with Crippen molar-refractivity contribution < 1.29 is 18.0 Å². The van der Waals surface area contributed by atoms with Crippen LogP contribution in [0.4, 0.5) is 13.2 Å². The quantitative estimate of drug-likeness (QED) is 0.603. The lowest BCUT2D eigenvalue weighted by Crippen LogP contribution is -1.96. The highest BCUT2D eigenvalue weighted by Crippen LogP contribution is 2.27. The summed E-state index contributed by atoms with van der Waals surface area (Å²) in [5, 5.41) is 0. The Balaban J connectivity index is 2.43. The number of carbonyl (C=O) groups excluding carboxylic acids is 1. The summed E-state index contributed by atoms with van der Waals surface area (Å²) in [7, 11) is 0. The van der Waals surface area contributed by atoms with Crippen molar-refractivity contribution in [3.8, 4) is 11.1 Å². The summed E-state index contributed by atoms with van der Waals surface area (Å²) < 4.78 is 39.6. The van der Waals surface area contributed by atoms with Gasteiger partial charge in [-0.3, -0.25) is 0 Å². The molecule has 2 aromatic rings. The van der Waals surface area contributed by atoms with E-state index in [9.17, 15) is 18.0 Å². The molecule has 0 saturated heterocycles. The Morgan fingerprint density at radius 1 is 0.947 bits per heavy atom. The molecule has 0 radical (unpaired) electrons. The number of halogens is 3. The molecular weight excluding hydrogens is 253 g/mol. The zero-order valence-electron chi connectivity index (χ0n) is 10.2. The summed E-state index contributed by atoms with van der Waals surface area (Å²) in [6, 6.07) is 8.54. The van der Waals surface area contributed by atoms with Gasteiger partial charge in [-0.05, 0) is 23.3 Å². The van der Waals surface area contributed by atoms with E-state index >= 15 is 0 Å². The Labute approximate surface area is 108 Å². The third-order valence-corrected chi connectivity index (χ3v) is 2.99. The van der Waals surface area contributed by atoms with E-state index in [-0.39, 0.29) is 11.5 Å². The molecule has 1 unspecified atom stereocenters. The molecule has 0 aliphatic carbocycles. The SMILES string of the molecule is CC(C=O)c1ccc(-c2ccc(F)c(F)c2F)cc1. The van der Waals surface area contributed by atoms with Gasteiger partial charge in [-0.2, -0.15) is 0 Å². The highest BCUT2D eigenvalue weighted by molar-refractivity contribution is 5.67. The minimum atomic E-state index is -1.48. The van der Waals surface area contributed by atoms with Crippen molar-refractivity contribution in [1.29, 1.82) is 0 Å². The van der Waals surface area contributed by atoms with Gasteiger partial charge in [-0.25, -0.2) is 13.2 Å². The highest BCUT2D eigenvalue weighted by Gasteiger charge is 2.14.